The SMILES string of the molecule is O=C(c1nnsc1[S+]([O-])c1ccc(Cl)cc1)N1CCCCC1. The van der Waals surface area contributed by atoms with Crippen molar-refractivity contribution in [3.63, 3.8) is 0 Å². The third kappa shape index (κ3) is 3.27. The normalized spacial score (nSPS) is 16.5. The predicted molar refractivity (Wildman–Crippen MR) is 85.8 cm³/mol. The van der Waals surface area contributed by atoms with Gasteiger partial charge in [-0.1, -0.05) is 16.1 Å². The van der Waals surface area contributed by atoms with Gasteiger partial charge in [-0.05, 0) is 43.5 Å². The minimum Gasteiger partial charge on any atom is -0.606 e. The molecule has 2 aromatic rings. The summed E-state index contributed by atoms with van der Waals surface area (Å²) >= 11 is 5.38. The maximum Gasteiger partial charge on any atom is 0.280 e. The monoisotopic (exact) mass is 355 g/mol. The summed E-state index contributed by atoms with van der Waals surface area (Å²) < 4.78 is 16.9. The van der Waals surface area contributed by atoms with Crippen molar-refractivity contribution >= 4 is 40.2 Å². The van der Waals surface area contributed by atoms with E-state index in [9.17, 15) is 9.35 Å². The number of piperidine rings is 1. The largest absolute Gasteiger partial charge is 0.606 e. The van der Waals surface area contributed by atoms with E-state index >= 15 is 0 Å². The molecular weight excluding hydrogens is 342 g/mol. The van der Waals surface area contributed by atoms with Crippen molar-refractivity contribution in [2.45, 2.75) is 28.4 Å². The van der Waals surface area contributed by atoms with Crippen molar-refractivity contribution in [1.82, 2.24) is 14.5 Å². The Morgan fingerprint density at radius 3 is 2.59 bits per heavy atom. The lowest BCUT2D eigenvalue weighted by Crippen LogP contribution is -2.36. The number of hydrogen-bond donors (Lipinski definition) is 0. The van der Waals surface area contributed by atoms with Gasteiger partial charge in [0.25, 0.3) is 10.1 Å². The summed E-state index contributed by atoms with van der Waals surface area (Å²) in [5, 5.41) is 4.49. The first kappa shape index (κ1) is 15.7. The maximum absolute atomic E-state index is 12.7. The Kier molecular flexibility index (Phi) is 4.97. The Labute approximate surface area is 140 Å². The first-order chi connectivity index (χ1) is 10.7. The van der Waals surface area contributed by atoms with Crippen LogP contribution in [0.4, 0.5) is 0 Å². The summed E-state index contributed by atoms with van der Waals surface area (Å²) in [4.78, 5) is 14.9. The van der Waals surface area contributed by atoms with Crippen LogP contribution in [0, 0.1) is 0 Å². The van der Waals surface area contributed by atoms with E-state index in [1.807, 2.05) is 0 Å². The molecule has 22 heavy (non-hydrogen) atoms. The number of nitrogens with zero attached hydrogens (tertiary/aromatic N) is 3. The fraction of sp³-hybridized carbons (Fsp3) is 0.357. The number of aromatic nitrogens is 2. The first-order valence-corrected chi connectivity index (χ1v) is 9.26. The third-order valence-electron chi connectivity index (χ3n) is 3.50. The van der Waals surface area contributed by atoms with Crippen LogP contribution in [0.3, 0.4) is 0 Å². The molecule has 1 aliphatic heterocycles. The molecule has 1 aliphatic rings. The number of likely N-dealkylation sites (tertiary alicyclic amines) is 1. The molecule has 1 amide bonds. The number of amides is 1. The number of benzene rings is 1. The highest BCUT2D eigenvalue weighted by atomic mass is 35.5. The van der Waals surface area contributed by atoms with Crippen LogP contribution in [0.15, 0.2) is 33.4 Å². The molecule has 1 unspecified atom stereocenters. The van der Waals surface area contributed by atoms with Crippen LogP contribution in [0.5, 0.6) is 0 Å². The highest BCUT2D eigenvalue weighted by Crippen LogP contribution is 2.28. The molecule has 8 heteroatoms. The fourth-order valence-electron chi connectivity index (χ4n) is 2.35. The van der Waals surface area contributed by atoms with E-state index in [-0.39, 0.29) is 11.6 Å². The van der Waals surface area contributed by atoms with E-state index in [4.69, 9.17) is 11.6 Å². The number of hydrogen-bond acceptors (Lipinski definition) is 5. The molecule has 1 fully saturated rings. The minimum absolute atomic E-state index is 0.175. The topological polar surface area (TPSA) is 69.1 Å². The molecule has 0 spiro atoms. The van der Waals surface area contributed by atoms with Gasteiger partial charge >= 0.3 is 0 Å². The molecule has 0 radical (unpaired) electrons. The maximum atomic E-state index is 12.7. The molecule has 1 saturated heterocycles. The Balaban J connectivity index is 1.84. The van der Waals surface area contributed by atoms with Crippen LogP contribution in [0.2, 0.25) is 5.02 Å². The average molecular weight is 356 g/mol. The minimum atomic E-state index is -1.47. The molecule has 0 aliphatic carbocycles. The first-order valence-electron chi connectivity index (χ1n) is 6.96. The molecule has 1 aromatic heterocycles. The van der Waals surface area contributed by atoms with Crippen LogP contribution in [-0.4, -0.2) is 38.0 Å². The van der Waals surface area contributed by atoms with E-state index in [1.165, 1.54) is 0 Å². The molecule has 3 rings (SSSR count). The quantitative estimate of drug-likeness (QED) is 0.794. The van der Waals surface area contributed by atoms with Crippen LogP contribution in [0.25, 0.3) is 0 Å². The molecular formula is C14H14ClN3O2S2. The smallest absolute Gasteiger partial charge is 0.280 e. The van der Waals surface area contributed by atoms with E-state index < -0.39 is 11.2 Å². The summed E-state index contributed by atoms with van der Waals surface area (Å²) in [7, 11) is 0. The Morgan fingerprint density at radius 1 is 1.23 bits per heavy atom. The van der Waals surface area contributed by atoms with Gasteiger partial charge in [0.1, 0.15) is 0 Å². The third-order valence-corrected chi connectivity index (χ3v) is 6.18. The van der Waals surface area contributed by atoms with Crippen LogP contribution in [-0.2, 0) is 11.2 Å². The number of halogens is 1. The van der Waals surface area contributed by atoms with E-state index in [0.29, 0.717) is 14.1 Å². The van der Waals surface area contributed by atoms with Gasteiger partial charge in [-0.25, -0.2) is 0 Å². The Bertz CT molecular complexity index is 656. The molecule has 2 heterocycles. The zero-order chi connectivity index (χ0) is 15.5. The summed E-state index contributed by atoms with van der Waals surface area (Å²) in [5.41, 5.74) is 0.209. The van der Waals surface area contributed by atoms with Crippen molar-refractivity contribution in [3.05, 3.63) is 35.0 Å². The van der Waals surface area contributed by atoms with E-state index in [0.717, 1.165) is 43.9 Å². The lowest BCUT2D eigenvalue weighted by Gasteiger charge is -2.25. The van der Waals surface area contributed by atoms with Gasteiger partial charge in [0.15, 0.2) is 4.90 Å². The number of carbonyl (C=O) groups is 1. The zero-order valence-corrected chi connectivity index (χ0v) is 14.1. The van der Waals surface area contributed by atoms with Crippen molar-refractivity contribution in [2.24, 2.45) is 0 Å². The Morgan fingerprint density at radius 2 is 1.91 bits per heavy atom. The van der Waals surface area contributed by atoms with Gasteiger partial charge in [-0.15, -0.1) is 5.10 Å². The molecule has 0 N–H and O–H groups in total. The van der Waals surface area contributed by atoms with Crippen molar-refractivity contribution in [2.75, 3.05) is 13.1 Å². The lowest BCUT2D eigenvalue weighted by molar-refractivity contribution is 0.0714. The summed E-state index contributed by atoms with van der Waals surface area (Å²) in [6.07, 6.45) is 3.14. The summed E-state index contributed by atoms with van der Waals surface area (Å²) in [6.45, 7) is 1.45. The second-order valence-electron chi connectivity index (χ2n) is 4.98. The molecule has 1 atom stereocenters. The summed E-state index contributed by atoms with van der Waals surface area (Å²) in [5.74, 6) is -0.175. The highest BCUT2D eigenvalue weighted by Gasteiger charge is 2.31. The number of carbonyl (C=O) groups excluding carboxylic acids is 1. The van der Waals surface area contributed by atoms with Crippen molar-refractivity contribution in [3.8, 4) is 0 Å². The van der Waals surface area contributed by atoms with E-state index in [2.05, 4.69) is 9.59 Å². The summed E-state index contributed by atoms with van der Waals surface area (Å²) in [6, 6.07) is 6.73. The van der Waals surface area contributed by atoms with Gasteiger partial charge in [0.05, 0.1) is 0 Å². The molecule has 0 saturated carbocycles. The lowest BCUT2D eigenvalue weighted by atomic mass is 10.1. The van der Waals surface area contributed by atoms with Crippen LogP contribution in [0.1, 0.15) is 29.8 Å². The molecule has 0 bridgehead atoms. The molecule has 116 valence electrons. The van der Waals surface area contributed by atoms with Crippen molar-refractivity contribution < 1.29 is 9.35 Å². The Hall–Kier alpha value is -1.15. The van der Waals surface area contributed by atoms with Gasteiger partial charge < -0.3 is 9.45 Å². The van der Waals surface area contributed by atoms with Crippen molar-refractivity contribution in [1.29, 1.82) is 0 Å². The molecule has 1 aromatic carbocycles. The van der Waals surface area contributed by atoms with E-state index in [1.54, 1.807) is 29.2 Å². The highest BCUT2D eigenvalue weighted by molar-refractivity contribution is 7.93. The van der Waals surface area contributed by atoms with Crippen LogP contribution >= 0.6 is 23.1 Å². The average Bonchev–Trinajstić information content (AvgIpc) is 3.04. The van der Waals surface area contributed by atoms with Gasteiger partial charge in [0.2, 0.25) is 5.69 Å². The standard InChI is InChI=1S/C14H14ClN3O2S2/c15-10-4-6-11(7-5-10)22(20)14-12(16-17-21-14)13(19)18-8-2-1-3-9-18/h4-7H,1-3,8-9H2. The second kappa shape index (κ2) is 6.95. The number of rotatable bonds is 3. The van der Waals surface area contributed by atoms with Gasteiger partial charge in [-0.3, -0.25) is 4.79 Å². The van der Waals surface area contributed by atoms with Gasteiger partial charge in [-0.2, -0.15) is 0 Å². The molecule has 5 nitrogen and oxygen atoms in total. The zero-order valence-electron chi connectivity index (χ0n) is 11.7. The second-order valence-corrected chi connectivity index (χ2v) is 7.85. The van der Waals surface area contributed by atoms with Gasteiger partial charge in [0, 0.05) is 40.8 Å². The fourth-order valence-corrected chi connectivity index (χ4v) is 4.44. The predicted octanol–water partition coefficient (Wildman–Crippen LogP) is 2.98. The van der Waals surface area contributed by atoms with Crippen LogP contribution < -0.4 is 0 Å².